The molecule has 3 aliphatic carbocycles. The molecule has 132 valence electrons. The molecule has 3 N–H and O–H groups in total. The third-order valence-electron chi connectivity index (χ3n) is 7.52. The summed E-state index contributed by atoms with van der Waals surface area (Å²) in [6.07, 6.45) is 5.76. The molecule has 0 heterocycles. The van der Waals surface area contributed by atoms with Gasteiger partial charge < -0.3 is 15.3 Å². The number of hydrogen-bond donors (Lipinski definition) is 3. The first-order chi connectivity index (χ1) is 10.8. The standard InChI is InChI=1S/C20H34O3/c1-11(2)15-7-5-12(3)17-9-14(10-21)19(22)18-16(15)8-6-13(4)20(17,18)23/h9,11-13,15-19,21-23H,5-8,10H2,1-4H3. The zero-order valence-corrected chi connectivity index (χ0v) is 15.1. The van der Waals surface area contributed by atoms with Crippen LogP contribution >= 0.6 is 0 Å². The van der Waals surface area contributed by atoms with E-state index in [1.807, 2.05) is 6.08 Å². The number of aliphatic hydroxyl groups excluding tert-OH is 2. The molecule has 0 aromatic heterocycles. The van der Waals surface area contributed by atoms with Gasteiger partial charge in [-0.15, -0.1) is 0 Å². The molecular weight excluding hydrogens is 288 g/mol. The summed E-state index contributed by atoms with van der Waals surface area (Å²) in [5.41, 5.74) is -0.0893. The van der Waals surface area contributed by atoms with Crippen molar-refractivity contribution in [1.82, 2.24) is 0 Å². The van der Waals surface area contributed by atoms with Gasteiger partial charge in [-0.25, -0.2) is 0 Å². The van der Waals surface area contributed by atoms with E-state index in [1.54, 1.807) is 0 Å². The van der Waals surface area contributed by atoms with Gasteiger partial charge in [0.05, 0.1) is 18.3 Å². The van der Waals surface area contributed by atoms with E-state index >= 15 is 0 Å². The molecule has 2 saturated carbocycles. The Labute approximate surface area is 140 Å². The molecule has 2 fully saturated rings. The first kappa shape index (κ1) is 17.4. The largest absolute Gasteiger partial charge is 0.392 e. The minimum absolute atomic E-state index is 0.0592. The number of aliphatic hydroxyl groups is 3. The second kappa shape index (κ2) is 6.16. The summed E-state index contributed by atoms with van der Waals surface area (Å²) in [5, 5.41) is 32.5. The monoisotopic (exact) mass is 322 g/mol. The van der Waals surface area contributed by atoms with Crippen LogP contribution in [0.1, 0.15) is 53.4 Å². The van der Waals surface area contributed by atoms with Gasteiger partial charge in [-0.3, -0.25) is 0 Å². The van der Waals surface area contributed by atoms with Crippen molar-refractivity contribution in [2.45, 2.75) is 65.1 Å². The first-order valence-corrected chi connectivity index (χ1v) is 9.54. The minimum atomic E-state index is -0.825. The maximum atomic E-state index is 11.8. The molecule has 3 heteroatoms. The topological polar surface area (TPSA) is 60.7 Å². The quantitative estimate of drug-likeness (QED) is 0.685. The fourth-order valence-corrected chi connectivity index (χ4v) is 6.18. The Morgan fingerprint density at radius 2 is 1.87 bits per heavy atom. The minimum Gasteiger partial charge on any atom is -0.392 e. The van der Waals surface area contributed by atoms with Gasteiger partial charge in [0.15, 0.2) is 0 Å². The smallest absolute Gasteiger partial charge is 0.0831 e. The molecule has 8 unspecified atom stereocenters. The Hall–Kier alpha value is -0.380. The van der Waals surface area contributed by atoms with E-state index in [9.17, 15) is 15.3 Å². The SMILES string of the molecule is CC(C)C1CCC(C)C2C=C(CO)C(O)C3C1CCC(C)C23O. The predicted octanol–water partition coefficient (Wildman–Crippen LogP) is 2.99. The molecule has 0 aromatic rings. The zero-order valence-electron chi connectivity index (χ0n) is 15.1. The molecule has 3 aliphatic rings. The molecule has 23 heavy (non-hydrogen) atoms. The average molecular weight is 322 g/mol. The van der Waals surface area contributed by atoms with E-state index in [4.69, 9.17) is 0 Å². The summed E-state index contributed by atoms with van der Waals surface area (Å²) in [5.74, 6) is 2.00. The summed E-state index contributed by atoms with van der Waals surface area (Å²) in [7, 11) is 0. The van der Waals surface area contributed by atoms with Crippen LogP contribution in [0, 0.1) is 41.4 Å². The van der Waals surface area contributed by atoms with Crippen molar-refractivity contribution in [3.8, 4) is 0 Å². The third-order valence-corrected chi connectivity index (χ3v) is 7.52. The summed E-state index contributed by atoms with van der Waals surface area (Å²) in [6.45, 7) is 8.86. The molecule has 0 radical (unpaired) electrons. The molecule has 0 spiro atoms. The molecule has 3 rings (SSSR count). The highest BCUT2D eigenvalue weighted by atomic mass is 16.3. The van der Waals surface area contributed by atoms with Crippen LogP contribution < -0.4 is 0 Å². The zero-order chi connectivity index (χ0) is 16.9. The van der Waals surface area contributed by atoms with Crippen LogP contribution in [0.15, 0.2) is 11.6 Å². The van der Waals surface area contributed by atoms with Crippen molar-refractivity contribution in [1.29, 1.82) is 0 Å². The van der Waals surface area contributed by atoms with Crippen molar-refractivity contribution in [2.75, 3.05) is 6.61 Å². The fourth-order valence-electron chi connectivity index (χ4n) is 6.18. The number of rotatable bonds is 2. The van der Waals surface area contributed by atoms with Gasteiger partial charge in [0.2, 0.25) is 0 Å². The summed E-state index contributed by atoms with van der Waals surface area (Å²) in [4.78, 5) is 0. The molecule has 0 aromatic carbocycles. The van der Waals surface area contributed by atoms with E-state index in [0.717, 1.165) is 24.8 Å². The lowest BCUT2D eigenvalue weighted by Gasteiger charge is -2.60. The fraction of sp³-hybridized carbons (Fsp3) is 0.900. The summed E-state index contributed by atoms with van der Waals surface area (Å²) in [6, 6.07) is 0. The van der Waals surface area contributed by atoms with Gasteiger partial charge in [-0.1, -0.05) is 33.8 Å². The van der Waals surface area contributed by atoms with Gasteiger partial charge in [0.25, 0.3) is 0 Å². The average Bonchev–Trinajstić information content (AvgIpc) is 2.49. The van der Waals surface area contributed by atoms with Crippen molar-refractivity contribution in [3.63, 3.8) is 0 Å². The molecule has 0 amide bonds. The molecule has 0 saturated heterocycles. The van der Waals surface area contributed by atoms with Crippen LogP contribution in [-0.4, -0.2) is 33.6 Å². The van der Waals surface area contributed by atoms with Crippen molar-refractivity contribution < 1.29 is 15.3 Å². The second-order valence-corrected chi connectivity index (χ2v) is 8.89. The Morgan fingerprint density at radius 3 is 2.48 bits per heavy atom. The third kappa shape index (κ3) is 2.51. The molecule has 3 nitrogen and oxygen atoms in total. The second-order valence-electron chi connectivity index (χ2n) is 8.89. The Morgan fingerprint density at radius 1 is 1.17 bits per heavy atom. The van der Waals surface area contributed by atoms with Crippen molar-refractivity contribution in [2.24, 2.45) is 41.4 Å². The van der Waals surface area contributed by atoms with E-state index in [0.29, 0.717) is 23.7 Å². The lowest BCUT2D eigenvalue weighted by molar-refractivity contribution is -0.202. The Kier molecular flexibility index (Phi) is 4.67. The van der Waals surface area contributed by atoms with Crippen LogP contribution in [0.5, 0.6) is 0 Å². The molecule has 0 aliphatic heterocycles. The van der Waals surface area contributed by atoms with Crippen LogP contribution in [-0.2, 0) is 0 Å². The van der Waals surface area contributed by atoms with Gasteiger partial charge >= 0.3 is 0 Å². The number of hydrogen-bond acceptors (Lipinski definition) is 3. The van der Waals surface area contributed by atoms with Gasteiger partial charge in [0.1, 0.15) is 0 Å². The first-order valence-electron chi connectivity index (χ1n) is 9.54. The summed E-state index contributed by atoms with van der Waals surface area (Å²) >= 11 is 0. The van der Waals surface area contributed by atoms with E-state index < -0.39 is 11.7 Å². The highest BCUT2D eigenvalue weighted by Crippen LogP contribution is 2.58. The Bertz CT molecular complexity index is 472. The van der Waals surface area contributed by atoms with Crippen LogP contribution in [0.2, 0.25) is 0 Å². The normalized spacial score (nSPS) is 50.3. The highest BCUT2D eigenvalue weighted by molar-refractivity contribution is 5.26. The van der Waals surface area contributed by atoms with Crippen molar-refractivity contribution >= 4 is 0 Å². The molecular formula is C20H34O3. The maximum absolute atomic E-state index is 11.8. The lowest BCUT2D eigenvalue weighted by atomic mass is 9.48. The summed E-state index contributed by atoms with van der Waals surface area (Å²) < 4.78 is 0. The molecule has 8 atom stereocenters. The van der Waals surface area contributed by atoms with Gasteiger partial charge in [0, 0.05) is 11.8 Å². The van der Waals surface area contributed by atoms with E-state index in [2.05, 4.69) is 27.7 Å². The van der Waals surface area contributed by atoms with E-state index in [1.165, 1.54) is 6.42 Å². The van der Waals surface area contributed by atoms with Gasteiger partial charge in [-0.05, 0) is 60.8 Å². The van der Waals surface area contributed by atoms with Crippen LogP contribution in [0.4, 0.5) is 0 Å². The van der Waals surface area contributed by atoms with E-state index in [-0.39, 0.29) is 24.4 Å². The Balaban J connectivity index is 2.14. The lowest BCUT2D eigenvalue weighted by Crippen LogP contribution is -2.64. The molecule has 4 bridgehead atoms. The maximum Gasteiger partial charge on any atom is 0.0831 e. The van der Waals surface area contributed by atoms with Crippen molar-refractivity contribution in [3.05, 3.63) is 11.6 Å². The predicted molar refractivity (Wildman–Crippen MR) is 91.7 cm³/mol. The van der Waals surface area contributed by atoms with Crippen LogP contribution in [0.25, 0.3) is 0 Å². The highest BCUT2D eigenvalue weighted by Gasteiger charge is 2.60. The van der Waals surface area contributed by atoms with Gasteiger partial charge in [-0.2, -0.15) is 0 Å². The van der Waals surface area contributed by atoms with Crippen LogP contribution in [0.3, 0.4) is 0 Å².